The van der Waals surface area contributed by atoms with Crippen LogP contribution >= 0.6 is 0 Å². The van der Waals surface area contributed by atoms with Gasteiger partial charge in [-0.1, -0.05) is 0 Å². The summed E-state index contributed by atoms with van der Waals surface area (Å²) in [4.78, 5) is 11.1. The fourth-order valence-corrected chi connectivity index (χ4v) is 1.99. The maximum absolute atomic E-state index is 13.5. The van der Waals surface area contributed by atoms with Gasteiger partial charge in [-0.05, 0) is 18.6 Å². The molecule has 0 heterocycles. The van der Waals surface area contributed by atoms with Crippen molar-refractivity contribution in [2.24, 2.45) is 5.73 Å². The van der Waals surface area contributed by atoms with Crippen LogP contribution in [0.1, 0.15) is 16.8 Å². The first-order chi connectivity index (χ1) is 8.41. The average molecular weight is 273 g/mol. The summed E-state index contributed by atoms with van der Waals surface area (Å²) in [7, 11) is -0.872. The molecule has 0 aromatic heterocycles. The quantitative estimate of drug-likeness (QED) is 0.524. The molecule has 5 nitrogen and oxygen atoms in total. The third-order valence-corrected chi connectivity index (χ3v) is 3.19. The molecule has 0 saturated heterocycles. The maximum atomic E-state index is 13.5. The largest absolute Gasteiger partial charge is 0.398 e. The number of halogens is 1. The molecule has 1 aromatic rings. The highest BCUT2D eigenvalue weighted by atomic mass is 32.2. The number of hydrogen-bond acceptors (Lipinski definition) is 4. The molecule has 0 aliphatic carbocycles. The molecule has 100 valence electrons. The van der Waals surface area contributed by atoms with E-state index in [0.717, 1.165) is 6.07 Å². The summed E-state index contributed by atoms with van der Waals surface area (Å²) < 4.78 is 24.4. The maximum Gasteiger partial charge on any atom is 0.250 e. The van der Waals surface area contributed by atoms with E-state index in [1.165, 1.54) is 6.07 Å². The summed E-state index contributed by atoms with van der Waals surface area (Å²) in [5.74, 6) is -0.716. The Morgan fingerprint density at radius 2 is 2.17 bits per heavy atom. The first kappa shape index (κ1) is 14.4. The normalized spacial score (nSPS) is 12.1. The Bertz CT molecular complexity index is 480. The lowest BCUT2D eigenvalue weighted by Crippen LogP contribution is -2.15. The van der Waals surface area contributed by atoms with Gasteiger partial charge in [-0.3, -0.25) is 9.00 Å². The highest BCUT2D eigenvalue weighted by Gasteiger charge is 2.11. The molecule has 18 heavy (non-hydrogen) atoms. The van der Waals surface area contributed by atoms with Crippen molar-refractivity contribution in [1.29, 1.82) is 0 Å². The van der Waals surface area contributed by atoms with Gasteiger partial charge < -0.3 is 16.8 Å². The fraction of sp³-hybridized carbons (Fsp3) is 0.364. The Kier molecular flexibility index (Phi) is 5.08. The number of nitrogens with one attached hydrogen (secondary N) is 1. The predicted molar refractivity (Wildman–Crippen MR) is 71.4 cm³/mol. The third-order valence-electron chi connectivity index (χ3n) is 2.33. The van der Waals surface area contributed by atoms with Crippen molar-refractivity contribution in [1.82, 2.24) is 0 Å². The van der Waals surface area contributed by atoms with Crippen LogP contribution in [-0.2, 0) is 10.8 Å². The first-order valence-electron chi connectivity index (χ1n) is 5.34. The van der Waals surface area contributed by atoms with E-state index in [-0.39, 0.29) is 16.9 Å². The van der Waals surface area contributed by atoms with Crippen LogP contribution in [-0.4, -0.2) is 28.7 Å². The number of carbonyl (C=O) groups excluding carboxylic acids is 1. The van der Waals surface area contributed by atoms with E-state index in [1.807, 2.05) is 0 Å². The minimum atomic E-state index is -0.872. The molecule has 0 saturated carbocycles. The number of rotatable bonds is 6. The summed E-state index contributed by atoms with van der Waals surface area (Å²) in [6.07, 6.45) is 2.24. The SMILES string of the molecule is CS(=O)CCCNc1cc(C(N)=O)c(N)cc1F. The molecular formula is C11H16FN3O2S. The average Bonchev–Trinajstić information content (AvgIpc) is 2.25. The number of nitrogens with two attached hydrogens (primary N) is 2. The van der Waals surface area contributed by atoms with Crippen molar-refractivity contribution in [3.05, 3.63) is 23.5 Å². The van der Waals surface area contributed by atoms with Crippen molar-refractivity contribution in [3.63, 3.8) is 0 Å². The van der Waals surface area contributed by atoms with Crippen LogP contribution in [0, 0.1) is 5.82 Å². The molecule has 0 spiro atoms. The fourth-order valence-electron chi connectivity index (χ4n) is 1.44. The van der Waals surface area contributed by atoms with Crippen molar-refractivity contribution < 1.29 is 13.4 Å². The molecule has 1 aromatic carbocycles. The molecule has 0 fully saturated rings. The second-order valence-electron chi connectivity index (χ2n) is 3.84. The molecule has 1 rings (SSSR count). The van der Waals surface area contributed by atoms with E-state index in [0.29, 0.717) is 18.7 Å². The van der Waals surface area contributed by atoms with E-state index in [1.54, 1.807) is 6.26 Å². The van der Waals surface area contributed by atoms with Crippen molar-refractivity contribution in [3.8, 4) is 0 Å². The summed E-state index contributed by atoms with van der Waals surface area (Å²) in [6.45, 7) is 0.457. The van der Waals surface area contributed by atoms with Gasteiger partial charge in [-0.2, -0.15) is 0 Å². The van der Waals surface area contributed by atoms with Crippen LogP contribution in [0.15, 0.2) is 12.1 Å². The number of primary amides is 1. The molecular weight excluding hydrogens is 257 g/mol. The van der Waals surface area contributed by atoms with Crippen LogP contribution in [0.25, 0.3) is 0 Å². The molecule has 1 unspecified atom stereocenters. The lowest BCUT2D eigenvalue weighted by molar-refractivity contribution is 0.100. The monoisotopic (exact) mass is 273 g/mol. The predicted octanol–water partition coefficient (Wildman–Crippen LogP) is 0.687. The zero-order valence-electron chi connectivity index (χ0n) is 10.0. The number of anilines is 2. The van der Waals surface area contributed by atoms with Crippen LogP contribution in [0.2, 0.25) is 0 Å². The molecule has 0 aliphatic rings. The molecule has 1 atom stereocenters. The second-order valence-corrected chi connectivity index (χ2v) is 5.40. The zero-order valence-corrected chi connectivity index (χ0v) is 10.8. The Morgan fingerprint density at radius 3 is 2.72 bits per heavy atom. The van der Waals surface area contributed by atoms with Gasteiger partial charge in [0, 0.05) is 35.0 Å². The number of benzene rings is 1. The minimum Gasteiger partial charge on any atom is -0.398 e. The van der Waals surface area contributed by atoms with Gasteiger partial charge in [0.1, 0.15) is 5.82 Å². The van der Waals surface area contributed by atoms with E-state index in [2.05, 4.69) is 5.32 Å². The summed E-state index contributed by atoms with van der Waals surface area (Å²) >= 11 is 0. The molecule has 7 heteroatoms. The summed E-state index contributed by atoms with van der Waals surface area (Å²) in [5, 5.41) is 2.82. The van der Waals surface area contributed by atoms with Gasteiger partial charge in [0.2, 0.25) is 0 Å². The van der Waals surface area contributed by atoms with Crippen molar-refractivity contribution in [2.75, 3.05) is 29.6 Å². The van der Waals surface area contributed by atoms with Gasteiger partial charge >= 0.3 is 0 Å². The second kappa shape index (κ2) is 6.34. The zero-order chi connectivity index (χ0) is 13.7. The summed E-state index contributed by atoms with van der Waals surface area (Å²) in [6, 6.07) is 2.34. The van der Waals surface area contributed by atoms with Crippen LogP contribution in [0.3, 0.4) is 0 Å². The van der Waals surface area contributed by atoms with E-state index >= 15 is 0 Å². The molecule has 0 bridgehead atoms. The van der Waals surface area contributed by atoms with Crippen molar-refractivity contribution in [2.45, 2.75) is 6.42 Å². The highest BCUT2D eigenvalue weighted by Crippen LogP contribution is 2.21. The Balaban J connectivity index is 2.73. The molecule has 5 N–H and O–H groups in total. The van der Waals surface area contributed by atoms with Gasteiger partial charge in [0.05, 0.1) is 11.3 Å². The van der Waals surface area contributed by atoms with Gasteiger partial charge in [-0.25, -0.2) is 4.39 Å². The number of hydrogen-bond donors (Lipinski definition) is 3. The molecule has 0 aliphatic heterocycles. The Hall–Kier alpha value is -1.63. The smallest absolute Gasteiger partial charge is 0.250 e. The van der Waals surface area contributed by atoms with Crippen LogP contribution < -0.4 is 16.8 Å². The molecule has 0 radical (unpaired) electrons. The van der Waals surface area contributed by atoms with Crippen molar-refractivity contribution >= 4 is 28.1 Å². The van der Waals surface area contributed by atoms with E-state index < -0.39 is 22.5 Å². The van der Waals surface area contributed by atoms with Gasteiger partial charge in [0.15, 0.2) is 0 Å². The van der Waals surface area contributed by atoms with Gasteiger partial charge in [-0.15, -0.1) is 0 Å². The minimum absolute atomic E-state index is 0.0141. The Labute approximate surface area is 107 Å². The van der Waals surface area contributed by atoms with E-state index in [9.17, 15) is 13.4 Å². The lowest BCUT2D eigenvalue weighted by Gasteiger charge is -2.10. The first-order valence-corrected chi connectivity index (χ1v) is 7.07. The lowest BCUT2D eigenvalue weighted by atomic mass is 10.1. The number of amides is 1. The van der Waals surface area contributed by atoms with Gasteiger partial charge in [0.25, 0.3) is 5.91 Å². The topological polar surface area (TPSA) is 98.2 Å². The third kappa shape index (κ3) is 3.99. The Morgan fingerprint density at radius 1 is 1.50 bits per heavy atom. The summed E-state index contributed by atoms with van der Waals surface area (Å²) in [5.41, 5.74) is 10.9. The highest BCUT2D eigenvalue weighted by molar-refractivity contribution is 7.84. The number of nitrogen functional groups attached to an aromatic ring is 1. The van der Waals surface area contributed by atoms with E-state index in [4.69, 9.17) is 11.5 Å². The molecule has 1 amide bonds. The number of carbonyl (C=O) groups is 1. The van der Waals surface area contributed by atoms with Crippen LogP contribution in [0.4, 0.5) is 15.8 Å². The van der Waals surface area contributed by atoms with Crippen LogP contribution in [0.5, 0.6) is 0 Å². The standard InChI is InChI=1S/C11H16FN3O2S/c1-18(17)4-2-3-15-10-5-7(11(14)16)9(13)6-8(10)12/h5-6,15H,2-4,13H2,1H3,(H2,14,16).